The molecule has 7 heteroatoms. The van der Waals surface area contributed by atoms with Crippen LogP contribution in [-0.2, 0) is 4.79 Å². The first-order chi connectivity index (χ1) is 13.1. The molecular weight excluding hydrogens is 340 g/mol. The molecule has 1 N–H and O–H groups in total. The van der Waals surface area contributed by atoms with Crippen molar-refractivity contribution in [2.45, 2.75) is 33.6 Å². The van der Waals surface area contributed by atoms with Gasteiger partial charge in [-0.25, -0.2) is 9.97 Å². The van der Waals surface area contributed by atoms with Crippen molar-refractivity contribution in [2.75, 3.05) is 44.2 Å². The SMILES string of the molecule is CCN(CC)CCNC(=O)C1CCN(c2ncc(C)c3nccnc23)CC1. The summed E-state index contributed by atoms with van der Waals surface area (Å²) in [5, 5.41) is 3.11. The summed E-state index contributed by atoms with van der Waals surface area (Å²) in [4.78, 5) is 30.6. The third kappa shape index (κ3) is 4.53. The Morgan fingerprint density at radius 3 is 2.48 bits per heavy atom. The molecule has 146 valence electrons. The number of hydrogen-bond acceptors (Lipinski definition) is 6. The summed E-state index contributed by atoms with van der Waals surface area (Å²) in [6, 6.07) is 0. The zero-order valence-corrected chi connectivity index (χ0v) is 16.6. The summed E-state index contributed by atoms with van der Waals surface area (Å²) in [7, 11) is 0. The molecule has 1 saturated heterocycles. The molecule has 2 aromatic heterocycles. The summed E-state index contributed by atoms with van der Waals surface area (Å²) in [6.07, 6.45) is 6.97. The average molecular weight is 371 g/mol. The average Bonchev–Trinajstić information content (AvgIpc) is 2.72. The maximum Gasteiger partial charge on any atom is 0.223 e. The molecule has 3 heterocycles. The van der Waals surface area contributed by atoms with Crippen molar-refractivity contribution in [3.8, 4) is 0 Å². The van der Waals surface area contributed by atoms with Gasteiger partial charge in [0.25, 0.3) is 0 Å². The molecule has 1 aliphatic heterocycles. The molecule has 27 heavy (non-hydrogen) atoms. The van der Waals surface area contributed by atoms with E-state index in [1.54, 1.807) is 12.4 Å². The fourth-order valence-corrected chi connectivity index (χ4v) is 3.68. The number of piperidine rings is 1. The molecule has 0 aromatic carbocycles. The van der Waals surface area contributed by atoms with E-state index in [-0.39, 0.29) is 11.8 Å². The van der Waals surface area contributed by atoms with Gasteiger partial charge in [0.15, 0.2) is 5.82 Å². The first kappa shape index (κ1) is 19.5. The van der Waals surface area contributed by atoms with Crippen LogP contribution >= 0.6 is 0 Å². The maximum absolute atomic E-state index is 12.5. The molecule has 0 saturated carbocycles. The normalized spacial score (nSPS) is 15.5. The highest BCUT2D eigenvalue weighted by atomic mass is 16.1. The van der Waals surface area contributed by atoms with Gasteiger partial charge in [-0.3, -0.25) is 9.78 Å². The third-order valence-corrected chi connectivity index (χ3v) is 5.45. The van der Waals surface area contributed by atoms with E-state index in [2.05, 4.69) is 43.9 Å². The minimum Gasteiger partial charge on any atom is -0.355 e. The lowest BCUT2D eigenvalue weighted by molar-refractivity contribution is -0.125. The number of fused-ring (bicyclic) bond motifs is 1. The number of nitrogens with zero attached hydrogens (tertiary/aromatic N) is 5. The van der Waals surface area contributed by atoms with Crippen molar-refractivity contribution in [1.29, 1.82) is 0 Å². The number of pyridine rings is 1. The molecule has 7 nitrogen and oxygen atoms in total. The van der Waals surface area contributed by atoms with Crippen LogP contribution in [0.1, 0.15) is 32.3 Å². The zero-order valence-electron chi connectivity index (χ0n) is 16.6. The minimum atomic E-state index is 0.0840. The fraction of sp³-hybridized carbons (Fsp3) is 0.600. The molecule has 0 aliphatic carbocycles. The fourth-order valence-electron chi connectivity index (χ4n) is 3.68. The Balaban J connectivity index is 1.56. The number of amides is 1. The predicted molar refractivity (Wildman–Crippen MR) is 108 cm³/mol. The van der Waals surface area contributed by atoms with Gasteiger partial charge >= 0.3 is 0 Å². The van der Waals surface area contributed by atoms with Gasteiger partial charge in [-0.2, -0.15) is 0 Å². The van der Waals surface area contributed by atoms with Crippen molar-refractivity contribution in [2.24, 2.45) is 5.92 Å². The van der Waals surface area contributed by atoms with E-state index >= 15 is 0 Å². The molecule has 0 radical (unpaired) electrons. The number of aromatic nitrogens is 3. The van der Waals surface area contributed by atoms with Crippen LogP contribution in [0.2, 0.25) is 0 Å². The van der Waals surface area contributed by atoms with Crippen molar-refractivity contribution < 1.29 is 4.79 Å². The smallest absolute Gasteiger partial charge is 0.223 e. The van der Waals surface area contributed by atoms with Crippen molar-refractivity contribution in [3.05, 3.63) is 24.2 Å². The van der Waals surface area contributed by atoms with Gasteiger partial charge in [-0.05, 0) is 38.4 Å². The van der Waals surface area contributed by atoms with E-state index in [4.69, 9.17) is 0 Å². The molecule has 1 amide bonds. The lowest BCUT2D eigenvalue weighted by atomic mass is 9.96. The number of carbonyl (C=O) groups is 1. The first-order valence-corrected chi connectivity index (χ1v) is 9.95. The second kappa shape index (κ2) is 9.08. The van der Waals surface area contributed by atoms with Crippen LogP contribution in [0.15, 0.2) is 18.6 Å². The Morgan fingerprint density at radius 2 is 1.81 bits per heavy atom. The second-order valence-corrected chi connectivity index (χ2v) is 7.10. The molecule has 2 aromatic rings. The number of likely N-dealkylation sites (N-methyl/N-ethyl adjacent to an activating group) is 1. The number of anilines is 1. The van der Waals surface area contributed by atoms with Crippen LogP contribution in [-0.4, -0.2) is 65.0 Å². The van der Waals surface area contributed by atoms with Gasteiger partial charge in [-0.15, -0.1) is 0 Å². The Bertz CT molecular complexity index is 768. The lowest BCUT2D eigenvalue weighted by Crippen LogP contribution is -2.43. The third-order valence-electron chi connectivity index (χ3n) is 5.45. The van der Waals surface area contributed by atoms with Crippen molar-refractivity contribution >= 4 is 22.8 Å². The molecule has 0 bridgehead atoms. The maximum atomic E-state index is 12.5. The first-order valence-electron chi connectivity index (χ1n) is 9.95. The van der Waals surface area contributed by atoms with E-state index in [0.29, 0.717) is 0 Å². The Kier molecular flexibility index (Phi) is 6.55. The molecule has 1 aliphatic rings. The number of carbonyl (C=O) groups excluding carboxylic acids is 1. The van der Waals surface area contributed by atoms with Crippen LogP contribution in [0.4, 0.5) is 5.82 Å². The molecule has 0 atom stereocenters. The highest BCUT2D eigenvalue weighted by Crippen LogP contribution is 2.27. The second-order valence-electron chi connectivity index (χ2n) is 7.10. The quantitative estimate of drug-likeness (QED) is 0.804. The zero-order chi connectivity index (χ0) is 19.2. The van der Waals surface area contributed by atoms with E-state index < -0.39 is 0 Å². The van der Waals surface area contributed by atoms with Crippen LogP contribution in [0.3, 0.4) is 0 Å². The number of hydrogen-bond donors (Lipinski definition) is 1. The van der Waals surface area contributed by atoms with E-state index in [9.17, 15) is 4.79 Å². The number of nitrogens with one attached hydrogen (secondary N) is 1. The highest BCUT2D eigenvalue weighted by Gasteiger charge is 2.26. The van der Waals surface area contributed by atoms with E-state index in [1.165, 1.54) is 0 Å². The van der Waals surface area contributed by atoms with E-state index in [0.717, 1.165) is 74.5 Å². The van der Waals surface area contributed by atoms with Crippen LogP contribution < -0.4 is 10.2 Å². The monoisotopic (exact) mass is 370 g/mol. The minimum absolute atomic E-state index is 0.0840. The van der Waals surface area contributed by atoms with E-state index in [1.807, 2.05) is 13.1 Å². The molecule has 1 fully saturated rings. The van der Waals surface area contributed by atoms with Crippen molar-refractivity contribution in [1.82, 2.24) is 25.2 Å². The topological polar surface area (TPSA) is 74.2 Å². The summed E-state index contributed by atoms with van der Waals surface area (Å²) in [5.74, 6) is 1.15. The number of rotatable bonds is 7. The van der Waals surface area contributed by atoms with Gasteiger partial charge in [0, 0.05) is 50.7 Å². The van der Waals surface area contributed by atoms with Crippen LogP contribution in [0, 0.1) is 12.8 Å². The van der Waals surface area contributed by atoms with Gasteiger partial charge in [0.1, 0.15) is 5.52 Å². The Morgan fingerprint density at radius 1 is 1.15 bits per heavy atom. The summed E-state index contributed by atoms with van der Waals surface area (Å²) in [5.41, 5.74) is 2.78. The van der Waals surface area contributed by atoms with Crippen LogP contribution in [0.25, 0.3) is 11.0 Å². The lowest BCUT2D eigenvalue weighted by Gasteiger charge is -2.32. The summed E-state index contributed by atoms with van der Waals surface area (Å²) < 4.78 is 0. The molecular formula is C20H30N6O. The van der Waals surface area contributed by atoms with Gasteiger partial charge in [-0.1, -0.05) is 13.8 Å². The summed E-state index contributed by atoms with van der Waals surface area (Å²) in [6.45, 7) is 11.6. The number of aryl methyl sites for hydroxylation is 1. The molecule has 0 spiro atoms. The van der Waals surface area contributed by atoms with Crippen molar-refractivity contribution in [3.63, 3.8) is 0 Å². The van der Waals surface area contributed by atoms with Gasteiger partial charge in [0.05, 0.1) is 5.52 Å². The Labute approximate surface area is 161 Å². The van der Waals surface area contributed by atoms with Gasteiger partial charge < -0.3 is 15.1 Å². The van der Waals surface area contributed by atoms with Gasteiger partial charge in [0.2, 0.25) is 5.91 Å². The van der Waals surface area contributed by atoms with Crippen LogP contribution in [0.5, 0.6) is 0 Å². The molecule has 3 rings (SSSR count). The largest absolute Gasteiger partial charge is 0.355 e. The highest BCUT2D eigenvalue weighted by molar-refractivity contribution is 5.87. The summed E-state index contributed by atoms with van der Waals surface area (Å²) >= 11 is 0. The predicted octanol–water partition coefficient (Wildman–Crippen LogP) is 2.01. The molecule has 0 unspecified atom stereocenters. The Hall–Kier alpha value is -2.28. The standard InChI is InChI=1S/C20H30N6O/c1-4-25(5-2)13-10-23-20(27)16-6-11-26(12-7-16)19-18-17(15(3)14-24-19)21-8-9-22-18/h8-9,14,16H,4-7,10-13H2,1-3H3,(H,23,27).